The Morgan fingerprint density at radius 1 is 0.860 bits per heavy atom. The molecule has 2 aromatic carbocycles. The van der Waals surface area contributed by atoms with Gasteiger partial charge in [-0.2, -0.15) is 0 Å². The van der Waals surface area contributed by atoms with Crippen LogP contribution in [0.25, 0.3) is 0 Å². The van der Waals surface area contributed by atoms with Crippen LogP contribution in [-0.4, -0.2) is 94.8 Å². The van der Waals surface area contributed by atoms with E-state index in [0.29, 0.717) is 24.8 Å². The Kier molecular flexibility index (Phi) is 15.6. The smallest absolute Gasteiger partial charge is 0.290 e. The van der Waals surface area contributed by atoms with Crippen molar-refractivity contribution in [1.29, 1.82) is 0 Å². The van der Waals surface area contributed by atoms with Crippen molar-refractivity contribution in [3.05, 3.63) is 71.3 Å². The number of nitrogens with zero attached hydrogens (tertiary/aromatic N) is 1. The Hall–Kier alpha value is -5.44. The number of amides is 6. The molecule has 308 valence electrons. The first-order valence-corrected chi connectivity index (χ1v) is 19.7. The van der Waals surface area contributed by atoms with Gasteiger partial charge in [0.1, 0.15) is 18.1 Å². The lowest BCUT2D eigenvalue weighted by Gasteiger charge is -2.35. The molecular formula is C42H56N6O9. The van der Waals surface area contributed by atoms with Crippen molar-refractivity contribution < 1.29 is 43.1 Å². The fraction of sp³-hybridized carbons (Fsp3) is 0.524. The first kappa shape index (κ1) is 44.3. The molecule has 15 nitrogen and oxygen atoms in total. The average molecular weight is 789 g/mol. The molecule has 5 atom stereocenters. The molecule has 1 aliphatic heterocycles. The van der Waals surface area contributed by atoms with Crippen molar-refractivity contribution in [3.8, 4) is 0 Å². The van der Waals surface area contributed by atoms with Crippen molar-refractivity contribution in [2.24, 2.45) is 11.7 Å². The van der Waals surface area contributed by atoms with Gasteiger partial charge in [0, 0.05) is 18.5 Å². The van der Waals surface area contributed by atoms with Gasteiger partial charge in [0.25, 0.3) is 11.8 Å². The van der Waals surface area contributed by atoms with E-state index < -0.39 is 83.6 Å². The summed E-state index contributed by atoms with van der Waals surface area (Å²) in [5.41, 5.74) is 5.66. The summed E-state index contributed by atoms with van der Waals surface area (Å²) >= 11 is 0. The summed E-state index contributed by atoms with van der Waals surface area (Å²) in [4.78, 5) is 108. The number of nitrogens with two attached hydrogens (primary N) is 1. The third-order valence-electron chi connectivity index (χ3n) is 10.2. The van der Waals surface area contributed by atoms with Gasteiger partial charge >= 0.3 is 0 Å². The number of Topliss-reactive ketones (excluding diaryl/α,β-unsaturated/α-hetero) is 2. The van der Waals surface area contributed by atoms with Gasteiger partial charge in [-0.1, -0.05) is 81.1 Å². The molecular weight excluding hydrogens is 732 g/mol. The van der Waals surface area contributed by atoms with Crippen LogP contribution in [0.4, 0.5) is 0 Å². The summed E-state index contributed by atoms with van der Waals surface area (Å²) in [5, 5.41) is 10.3. The number of carbonyl (C=O) groups excluding carboxylic acids is 8. The normalized spacial score (nSPS) is 18.7. The molecule has 0 radical (unpaired) electrons. The fourth-order valence-electron chi connectivity index (χ4n) is 7.52. The summed E-state index contributed by atoms with van der Waals surface area (Å²) in [6, 6.07) is 10.1. The topological polar surface area (TPSA) is 223 Å². The number of primary amides is 1. The van der Waals surface area contributed by atoms with Crippen LogP contribution in [0.1, 0.15) is 118 Å². The van der Waals surface area contributed by atoms with Crippen LogP contribution in [0.15, 0.2) is 54.6 Å². The van der Waals surface area contributed by atoms with Crippen LogP contribution in [0.5, 0.6) is 0 Å². The van der Waals surface area contributed by atoms with E-state index in [-0.39, 0.29) is 42.2 Å². The molecule has 0 bridgehead atoms. The predicted octanol–water partition coefficient (Wildman–Crippen LogP) is 2.67. The summed E-state index contributed by atoms with van der Waals surface area (Å²) in [6.07, 6.45) is 4.07. The SMILES string of the molecule is CCCC(NC(=O)C1CC(OC(C)(C)C)CN1C(=O)C(NC(=O)c1ccccc1C(C)=O)C1CCCCC1)C(=O)C(=O)NCC(=O)NC(C(N)=O)c1ccccc1. The molecule has 1 saturated heterocycles. The fourth-order valence-corrected chi connectivity index (χ4v) is 7.52. The molecule has 6 N–H and O–H groups in total. The second-order valence-corrected chi connectivity index (χ2v) is 15.8. The number of benzene rings is 2. The third-order valence-corrected chi connectivity index (χ3v) is 10.2. The third kappa shape index (κ3) is 12.3. The standard InChI is InChI=1S/C42H56N6O9/c1-6-15-31(36(51)40(55)44-23-33(50)46-34(37(43)52)26-16-9-7-10-17-26)45-39(54)32-22-28(57-42(3,4)5)24-48(32)41(56)35(27-18-11-8-12-19-27)47-38(53)30-21-14-13-20-29(30)25(2)49/h7,9-10,13-14,16-17,20-21,27-28,31-32,34-35H,6,8,11-12,15,18-19,22-24H2,1-5H3,(H2,43,52)(H,44,55)(H,45,54)(H,46,50)(H,47,53). The van der Waals surface area contributed by atoms with Crippen molar-refractivity contribution in [1.82, 2.24) is 26.2 Å². The van der Waals surface area contributed by atoms with Gasteiger partial charge in [0.2, 0.25) is 29.4 Å². The number of carbonyl (C=O) groups is 8. The van der Waals surface area contributed by atoms with Gasteiger partial charge in [-0.25, -0.2) is 0 Å². The van der Waals surface area contributed by atoms with Crippen LogP contribution >= 0.6 is 0 Å². The molecule has 2 aliphatic rings. The molecule has 6 amide bonds. The number of ketones is 2. The zero-order chi connectivity index (χ0) is 41.9. The summed E-state index contributed by atoms with van der Waals surface area (Å²) in [6.45, 7) is 8.09. The minimum absolute atomic E-state index is 0.0363. The summed E-state index contributed by atoms with van der Waals surface area (Å²) in [5.74, 6) is -5.98. The first-order valence-electron chi connectivity index (χ1n) is 19.7. The number of hydrogen-bond donors (Lipinski definition) is 5. The molecule has 0 aromatic heterocycles. The zero-order valence-corrected chi connectivity index (χ0v) is 33.4. The van der Waals surface area contributed by atoms with Gasteiger partial charge in [-0.05, 0) is 64.5 Å². The van der Waals surface area contributed by atoms with Crippen molar-refractivity contribution in [3.63, 3.8) is 0 Å². The van der Waals surface area contributed by atoms with E-state index >= 15 is 0 Å². The largest absolute Gasteiger partial charge is 0.371 e. The van der Waals surface area contributed by atoms with E-state index in [1.54, 1.807) is 55.5 Å². The Morgan fingerprint density at radius 3 is 2.09 bits per heavy atom. The number of ether oxygens (including phenoxy) is 1. The van der Waals surface area contributed by atoms with Gasteiger partial charge in [-0.15, -0.1) is 0 Å². The Morgan fingerprint density at radius 2 is 1.49 bits per heavy atom. The van der Waals surface area contributed by atoms with Crippen LogP contribution in [-0.2, 0) is 33.5 Å². The Labute approximate surface area is 333 Å². The van der Waals surface area contributed by atoms with Crippen molar-refractivity contribution in [2.75, 3.05) is 13.1 Å². The van der Waals surface area contributed by atoms with Gasteiger partial charge in [0.15, 0.2) is 5.78 Å². The second kappa shape index (κ2) is 20.1. The summed E-state index contributed by atoms with van der Waals surface area (Å²) < 4.78 is 6.24. The second-order valence-electron chi connectivity index (χ2n) is 15.8. The van der Waals surface area contributed by atoms with Crippen LogP contribution < -0.4 is 27.0 Å². The predicted molar refractivity (Wildman–Crippen MR) is 210 cm³/mol. The molecule has 2 fully saturated rings. The van der Waals surface area contributed by atoms with E-state index in [9.17, 15) is 38.4 Å². The van der Waals surface area contributed by atoms with Gasteiger partial charge in [0.05, 0.1) is 29.9 Å². The number of rotatable bonds is 17. The highest BCUT2D eigenvalue weighted by atomic mass is 16.5. The van der Waals surface area contributed by atoms with Crippen LogP contribution in [0.3, 0.4) is 0 Å². The minimum atomic E-state index is -1.29. The maximum absolute atomic E-state index is 14.7. The lowest BCUT2D eigenvalue weighted by atomic mass is 9.83. The van der Waals surface area contributed by atoms with Crippen LogP contribution in [0, 0.1) is 5.92 Å². The lowest BCUT2D eigenvalue weighted by Crippen LogP contribution is -2.58. The van der Waals surface area contributed by atoms with E-state index in [1.165, 1.54) is 17.9 Å². The number of nitrogens with one attached hydrogen (secondary N) is 4. The van der Waals surface area contributed by atoms with E-state index in [0.717, 1.165) is 19.3 Å². The number of likely N-dealkylation sites (tertiary alicyclic amines) is 1. The minimum Gasteiger partial charge on any atom is -0.371 e. The molecule has 1 saturated carbocycles. The zero-order valence-electron chi connectivity index (χ0n) is 33.4. The maximum Gasteiger partial charge on any atom is 0.290 e. The molecule has 4 rings (SSSR count). The lowest BCUT2D eigenvalue weighted by molar-refractivity contribution is -0.143. The van der Waals surface area contributed by atoms with Crippen molar-refractivity contribution in [2.45, 2.75) is 122 Å². The van der Waals surface area contributed by atoms with Gasteiger partial charge in [-0.3, -0.25) is 38.4 Å². The highest BCUT2D eigenvalue weighted by Crippen LogP contribution is 2.31. The molecule has 57 heavy (non-hydrogen) atoms. The highest BCUT2D eigenvalue weighted by Gasteiger charge is 2.46. The molecule has 5 unspecified atom stereocenters. The van der Waals surface area contributed by atoms with Crippen LogP contribution in [0.2, 0.25) is 0 Å². The summed E-state index contributed by atoms with van der Waals surface area (Å²) in [7, 11) is 0. The van der Waals surface area contributed by atoms with E-state index in [4.69, 9.17) is 10.5 Å². The van der Waals surface area contributed by atoms with E-state index in [2.05, 4.69) is 21.3 Å². The quantitative estimate of drug-likeness (QED) is 0.117. The van der Waals surface area contributed by atoms with Gasteiger partial charge < -0.3 is 36.6 Å². The maximum atomic E-state index is 14.7. The molecule has 15 heteroatoms. The molecule has 0 spiro atoms. The van der Waals surface area contributed by atoms with E-state index in [1.807, 2.05) is 20.8 Å². The Balaban J connectivity index is 1.52. The monoisotopic (exact) mass is 788 g/mol. The molecule has 1 heterocycles. The Bertz CT molecular complexity index is 1800. The number of hydrogen-bond acceptors (Lipinski definition) is 9. The average Bonchev–Trinajstić information content (AvgIpc) is 3.60. The van der Waals surface area contributed by atoms with Crippen molar-refractivity contribution >= 4 is 47.0 Å². The highest BCUT2D eigenvalue weighted by molar-refractivity contribution is 6.38. The molecule has 1 aliphatic carbocycles. The molecule has 2 aromatic rings. The first-order chi connectivity index (χ1) is 27.0.